The van der Waals surface area contributed by atoms with E-state index < -0.39 is 0 Å². The molecule has 100 valence electrons. The SMILES string of the molecule is CCCNC(c1ncn[nH]1)C1CC1c1ccccc1. The van der Waals surface area contributed by atoms with Crippen LogP contribution in [0.2, 0.25) is 0 Å². The maximum atomic E-state index is 4.33. The number of hydrogen-bond acceptors (Lipinski definition) is 3. The van der Waals surface area contributed by atoms with Crippen molar-refractivity contribution >= 4 is 0 Å². The number of aromatic amines is 1. The molecule has 3 atom stereocenters. The molecule has 0 aliphatic heterocycles. The summed E-state index contributed by atoms with van der Waals surface area (Å²) in [5.74, 6) is 2.25. The predicted molar refractivity (Wildman–Crippen MR) is 74.7 cm³/mol. The van der Waals surface area contributed by atoms with Gasteiger partial charge in [-0.25, -0.2) is 4.98 Å². The zero-order valence-corrected chi connectivity index (χ0v) is 11.2. The first kappa shape index (κ1) is 12.4. The summed E-state index contributed by atoms with van der Waals surface area (Å²) < 4.78 is 0. The van der Waals surface area contributed by atoms with Gasteiger partial charge in [0.2, 0.25) is 0 Å². The molecule has 1 aromatic heterocycles. The van der Waals surface area contributed by atoms with E-state index in [2.05, 4.69) is 57.8 Å². The van der Waals surface area contributed by atoms with Crippen LogP contribution in [0, 0.1) is 5.92 Å². The summed E-state index contributed by atoms with van der Waals surface area (Å²) >= 11 is 0. The summed E-state index contributed by atoms with van der Waals surface area (Å²) in [7, 11) is 0. The highest BCUT2D eigenvalue weighted by atomic mass is 15.2. The quantitative estimate of drug-likeness (QED) is 0.835. The third-order valence-corrected chi connectivity index (χ3v) is 3.84. The molecule has 19 heavy (non-hydrogen) atoms. The van der Waals surface area contributed by atoms with Crippen LogP contribution in [0.3, 0.4) is 0 Å². The number of benzene rings is 1. The van der Waals surface area contributed by atoms with E-state index in [0.717, 1.165) is 18.8 Å². The summed E-state index contributed by atoms with van der Waals surface area (Å²) in [6, 6.07) is 11.1. The van der Waals surface area contributed by atoms with Crippen molar-refractivity contribution in [2.45, 2.75) is 31.7 Å². The minimum atomic E-state index is 0.299. The molecule has 1 aliphatic rings. The Bertz CT molecular complexity index is 494. The van der Waals surface area contributed by atoms with Crippen LogP contribution in [0.15, 0.2) is 36.7 Å². The Kier molecular flexibility index (Phi) is 3.60. The molecule has 1 aliphatic carbocycles. The lowest BCUT2D eigenvalue weighted by Crippen LogP contribution is -2.25. The van der Waals surface area contributed by atoms with Crippen molar-refractivity contribution in [3.8, 4) is 0 Å². The van der Waals surface area contributed by atoms with Crippen LogP contribution < -0.4 is 5.32 Å². The molecule has 0 radical (unpaired) electrons. The lowest BCUT2D eigenvalue weighted by molar-refractivity contribution is 0.452. The second kappa shape index (κ2) is 5.53. The minimum Gasteiger partial charge on any atom is -0.307 e. The van der Waals surface area contributed by atoms with Crippen molar-refractivity contribution in [3.63, 3.8) is 0 Å². The maximum Gasteiger partial charge on any atom is 0.141 e. The molecule has 1 saturated carbocycles. The average molecular weight is 256 g/mol. The molecule has 1 fully saturated rings. The Morgan fingerprint density at radius 3 is 2.89 bits per heavy atom. The molecular weight excluding hydrogens is 236 g/mol. The van der Waals surface area contributed by atoms with E-state index in [-0.39, 0.29) is 0 Å². The Labute approximate surface area is 113 Å². The minimum absolute atomic E-state index is 0.299. The predicted octanol–water partition coefficient (Wildman–Crippen LogP) is 2.65. The van der Waals surface area contributed by atoms with Crippen LogP contribution in [-0.2, 0) is 0 Å². The zero-order chi connectivity index (χ0) is 13.1. The van der Waals surface area contributed by atoms with Gasteiger partial charge < -0.3 is 5.32 Å². The molecule has 2 N–H and O–H groups in total. The summed E-state index contributed by atoms with van der Waals surface area (Å²) in [6.45, 7) is 3.20. The standard InChI is InChI=1S/C15H20N4/c1-2-8-16-14(15-17-10-18-19-15)13-9-12(13)11-6-4-3-5-7-11/h3-7,10,12-14,16H,2,8-9H2,1H3,(H,17,18,19). The molecule has 1 aromatic carbocycles. The molecule has 3 unspecified atom stereocenters. The van der Waals surface area contributed by atoms with Gasteiger partial charge in [0.1, 0.15) is 12.2 Å². The van der Waals surface area contributed by atoms with E-state index in [4.69, 9.17) is 0 Å². The van der Waals surface area contributed by atoms with Crippen LogP contribution in [0.4, 0.5) is 0 Å². The molecule has 2 aromatic rings. The fourth-order valence-electron chi connectivity index (χ4n) is 2.78. The van der Waals surface area contributed by atoms with Crippen molar-refractivity contribution in [1.29, 1.82) is 0 Å². The van der Waals surface area contributed by atoms with Gasteiger partial charge in [-0.2, -0.15) is 5.10 Å². The summed E-state index contributed by atoms with van der Waals surface area (Å²) in [5, 5.41) is 10.6. The zero-order valence-electron chi connectivity index (χ0n) is 11.2. The first-order valence-corrected chi connectivity index (χ1v) is 7.03. The molecule has 0 spiro atoms. The molecule has 3 rings (SSSR count). The maximum absolute atomic E-state index is 4.33. The van der Waals surface area contributed by atoms with Gasteiger partial charge in [0.15, 0.2) is 0 Å². The highest BCUT2D eigenvalue weighted by Gasteiger charge is 2.45. The normalized spacial score (nSPS) is 23.2. The average Bonchev–Trinajstić information content (AvgIpc) is 3.05. The number of nitrogens with zero attached hydrogens (tertiary/aromatic N) is 2. The molecule has 4 heteroatoms. The Morgan fingerprint density at radius 1 is 1.37 bits per heavy atom. The third kappa shape index (κ3) is 2.68. The topological polar surface area (TPSA) is 53.6 Å². The van der Waals surface area contributed by atoms with E-state index in [1.807, 2.05) is 0 Å². The Morgan fingerprint density at radius 2 is 2.21 bits per heavy atom. The summed E-state index contributed by atoms with van der Waals surface area (Å²) in [5.41, 5.74) is 1.44. The monoisotopic (exact) mass is 256 g/mol. The fourth-order valence-corrected chi connectivity index (χ4v) is 2.78. The van der Waals surface area contributed by atoms with Gasteiger partial charge in [0.25, 0.3) is 0 Å². The van der Waals surface area contributed by atoms with Gasteiger partial charge in [-0.3, -0.25) is 5.10 Å². The van der Waals surface area contributed by atoms with Gasteiger partial charge in [-0.1, -0.05) is 37.3 Å². The van der Waals surface area contributed by atoms with Crippen LogP contribution in [0.5, 0.6) is 0 Å². The van der Waals surface area contributed by atoms with Crippen LogP contribution in [0.25, 0.3) is 0 Å². The van der Waals surface area contributed by atoms with Gasteiger partial charge in [-0.05, 0) is 36.8 Å². The second-order valence-electron chi connectivity index (χ2n) is 5.22. The second-order valence-corrected chi connectivity index (χ2v) is 5.22. The van der Waals surface area contributed by atoms with E-state index in [0.29, 0.717) is 17.9 Å². The van der Waals surface area contributed by atoms with Crippen LogP contribution in [-0.4, -0.2) is 21.7 Å². The fraction of sp³-hybridized carbons (Fsp3) is 0.467. The molecular formula is C15H20N4. The van der Waals surface area contributed by atoms with E-state index in [1.54, 1.807) is 6.33 Å². The van der Waals surface area contributed by atoms with Gasteiger partial charge in [0.05, 0.1) is 6.04 Å². The first-order valence-electron chi connectivity index (χ1n) is 7.03. The van der Waals surface area contributed by atoms with E-state index in [9.17, 15) is 0 Å². The number of H-pyrrole nitrogens is 1. The highest BCUT2D eigenvalue weighted by Crippen LogP contribution is 2.53. The number of aromatic nitrogens is 3. The lowest BCUT2D eigenvalue weighted by Gasteiger charge is -2.16. The first-order chi connectivity index (χ1) is 9.40. The van der Waals surface area contributed by atoms with Crippen molar-refractivity contribution in [2.24, 2.45) is 5.92 Å². The Hall–Kier alpha value is -1.68. The highest BCUT2D eigenvalue weighted by molar-refractivity contribution is 5.27. The van der Waals surface area contributed by atoms with Crippen LogP contribution >= 0.6 is 0 Å². The molecule has 0 amide bonds. The number of nitrogens with one attached hydrogen (secondary N) is 2. The van der Waals surface area contributed by atoms with Crippen molar-refractivity contribution < 1.29 is 0 Å². The van der Waals surface area contributed by atoms with Gasteiger partial charge in [0, 0.05) is 0 Å². The lowest BCUT2D eigenvalue weighted by atomic mass is 10.0. The van der Waals surface area contributed by atoms with Crippen LogP contribution in [0.1, 0.15) is 43.1 Å². The number of rotatable bonds is 6. The van der Waals surface area contributed by atoms with E-state index in [1.165, 1.54) is 12.0 Å². The third-order valence-electron chi connectivity index (χ3n) is 3.84. The largest absolute Gasteiger partial charge is 0.307 e. The smallest absolute Gasteiger partial charge is 0.141 e. The summed E-state index contributed by atoms with van der Waals surface area (Å²) in [4.78, 5) is 4.33. The van der Waals surface area contributed by atoms with Crippen molar-refractivity contribution in [1.82, 2.24) is 20.5 Å². The number of hydrogen-bond donors (Lipinski definition) is 2. The molecule has 0 saturated heterocycles. The Balaban J connectivity index is 1.72. The molecule has 0 bridgehead atoms. The van der Waals surface area contributed by atoms with Gasteiger partial charge in [-0.15, -0.1) is 0 Å². The molecule has 4 nitrogen and oxygen atoms in total. The van der Waals surface area contributed by atoms with Gasteiger partial charge >= 0.3 is 0 Å². The van der Waals surface area contributed by atoms with Crippen molar-refractivity contribution in [3.05, 3.63) is 48.0 Å². The van der Waals surface area contributed by atoms with Crippen molar-refractivity contribution in [2.75, 3.05) is 6.54 Å². The molecule has 1 heterocycles. The van der Waals surface area contributed by atoms with E-state index >= 15 is 0 Å². The summed E-state index contributed by atoms with van der Waals surface area (Å²) in [6.07, 6.45) is 3.95.